The molecule has 0 bridgehead atoms. The summed E-state index contributed by atoms with van der Waals surface area (Å²) in [5.41, 5.74) is 0. The first-order valence-electron chi connectivity index (χ1n) is 4.69. The van der Waals surface area contributed by atoms with Gasteiger partial charge in [-0.1, -0.05) is 22.0 Å². The number of halogens is 1. The SMILES string of the molecule is C=CCON(C=O)C1C=C(Br)CN(C)C1. The van der Waals surface area contributed by atoms with E-state index >= 15 is 0 Å². The molecular formula is C10H15BrN2O2. The highest BCUT2D eigenvalue weighted by atomic mass is 79.9. The van der Waals surface area contributed by atoms with Crippen molar-refractivity contribution in [3.05, 3.63) is 23.2 Å². The van der Waals surface area contributed by atoms with Crippen LogP contribution in [0.5, 0.6) is 0 Å². The second-order valence-corrected chi connectivity index (χ2v) is 4.45. The third kappa shape index (κ3) is 3.77. The molecule has 1 amide bonds. The lowest BCUT2D eigenvalue weighted by atomic mass is 10.2. The maximum Gasteiger partial charge on any atom is 0.233 e. The molecule has 5 heteroatoms. The Hall–Kier alpha value is -0.650. The summed E-state index contributed by atoms with van der Waals surface area (Å²) in [5.74, 6) is 0. The number of amides is 1. The van der Waals surface area contributed by atoms with Gasteiger partial charge in [0, 0.05) is 17.6 Å². The Balaban J connectivity index is 2.62. The minimum Gasteiger partial charge on any atom is -0.299 e. The van der Waals surface area contributed by atoms with Gasteiger partial charge in [0.2, 0.25) is 6.41 Å². The molecular weight excluding hydrogens is 260 g/mol. The molecule has 1 heterocycles. The van der Waals surface area contributed by atoms with Crippen LogP contribution in [-0.4, -0.2) is 49.2 Å². The predicted molar refractivity (Wildman–Crippen MR) is 62.3 cm³/mol. The molecule has 1 rings (SSSR count). The Kier molecular flexibility index (Phi) is 5.01. The molecule has 0 aliphatic carbocycles. The van der Waals surface area contributed by atoms with E-state index in [2.05, 4.69) is 27.4 Å². The van der Waals surface area contributed by atoms with Gasteiger partial charge in [-0.2, -0.15) is 0 Å². The minimum atomic E-state index is -0.0458. The zero-order valence-electron chi connectivity index (χ0n) is 8.73. The van der Waals surface area contributed by atoms with E-state index in [0.29, 0.717) is 13.0 Å². The lowest BCUT2D eigenvalue weighted by Gasteiger charge is -2.32. The van der Waals surface area contributed by atoms with Crippen LogP contribution in [0.25, 0.3) is 0 Å². The van der Waals surface area contributed by atoms with Crippen molar-refractivity contribution in [3.63, 3.8) is 0 Å². The zero-order valence-corrected chi connectivity index (χ0v) is 10.3. The van der Waals surface area contributed by atoms with Crippen LogP contribution in [0.2, 0.25) is 0 Å². The smallest absolute Gasteiger partial charge is 0.233 e. The molecule has 0 saturated heterocycles. The summed E-state index contributed by atoms with van der Waals surface area (Å²) in [6.45, 7) is 5.51. The van der Waals surface area contributed by atoms with Crippen LogP contribution in [0.4, 0.5) is 0 Å². The summed E-state index contributed by atoms with van der Waals surface area (Å²) < 4.78 is 1.07. The third-order valence-electron chi connectivity index (χ3n) is 2.07. The largest absolute Gasteiger partial charge is 0.299 e. The van der Waals surface area contributed by atoms with E-state index in [1.165, 1.54) is 5.06 Å². The van der Waals surface area contributed by atoms with Crippen molar-refractivity contribution in [2.45, 2.75) is 6.04 Å². The number of carbonyl (C=O) groups is 1. The molecule has 0 radical (unpaired) electrons. The molecule has 0 aromatic heterocycles. The highest BCUT2D eigenvalue weighted by Gasteiger charge is 2.22. The number of likely N-dealkylation sites (N-methyl/N-ethyl adjacent to an activating group) is 1. The van der Waals surface area contributed by atoms with E-state index in [4.69, 9.17) is 4.84 Å². The second-order valence-electron chi connectivity index (χ2n) is 3.43. The van der Waals surface area contributed by atoms with Gasteiger partial charge in [-0.15, -0.1) is 6.58 Å². The summed E-state index contributed by atoms with van der Waals surface area (Å²) in [4.78, 5) is 18.2. The standard InChI is InChI=1S/C10H15BrN2O2/c1-3-4-15-13(8-14)10-5-9(11)6-12(2)7-10/h3,5,8,10H,1,4,6-7H2,2H3. The monoisotopic (exact) mass is 274 g/mol. The second kappa shape index (κ2) is 6.05. The Bertz CT molecular complexity index is 268. The Morgan fingerprint density at radius 1 is 1.87 bits per heavy atom. The van der Waals surface area contributed by atoms with Crippen LogP contribution >= 0.6 is 15.9 Å². The molecule has 15 heavy (non-hydrogen) atoms. The van der Waals surface area contributed by atoms with Gasteiger partial charge in [-0.3, -0.25) is 14.5 Å². The van der Waals surface area contributed by atoms with E-state index in [9.17, 15) is 4.79 Å². The van der Waals surface area contributed by atoms with Gasteiger partial charge >= 0.3 is 0 Å². The molecule has 0 spiro atoms. The predicted octanol–water partition coefficient (Wildman–Crippen LogP) is 1.16. The van der Waals surface area contributed by atoms with Crippen LogP contribution in [0.3, 0.4) is 0 Å². The van der Waals surface area contributed by atoms with Gasteiger partial charge in [-0.25, -0.2) is 5.06 Å². The third-order valence-corrected chi connectivity index (χ3v) is 2.58. The van der Waals surface area contributed by atoms with Crippen LogP contribution in [-0.2, 0) is 9.63 Å². The summed E-state index contributed by atoms with van der Waals surface area (Å²) in [6, 6.07) is -0.0458. The molecule has 0 saturated carbocycles. The quantitative estimate of drug-likeness (QED) is 0.429. The fourth-order valence-electron chi connectivity index (χ4n) is 1.45. The van der Waals surface area contributed by atoms with E-state index < -0.39 is 0 Å². The summed E-state index contributed by atoms with van der Waals surface area (Å²) >= 11 is 3.44. The fraction of sp³-hybridized carbons (Fsp3) is 0.500. The number of rotatable bonds is 5. The first kappa shape index (κ1) is 12.4. The van der Waals surface area contributed by atoms with Crippen molar-refractivity contribution >= 4 is 22.3 Å². The summed E-state index contributed by atoms with van der Waals surface area (Å²) in [5, 5.41) is 1.32. The van der Waals surface area contributed by atoms with Gasteiger partial charge in [0.25, 0.3) is 0 Å². The molecule has 0 aromatic carbocycles. The molecule has 4 nitrogen and oxygen atoms in total. The highest BCUT2D eigenvalue weighted by Crippen LogP contribution is 2.17. The maximum atomic E-state index is 10.8. The zero-order chi connectivity index (χ0) is 11.3. The molecule has 0 N–H and O–H groups in total. The molecule has 0 fully saturated rings. The van der Waals surface area contributed by atoms with Crippen molar-refractivity contribution in [3.8, 4) is 0 Å². The van der Waals surface area contributed by atoms with Gasteiger partial charge in [-0.05, 0) is 13.1 Å². The molecule has 84 valence electrons. The lowest BCUT2D eigenvalue weighted by molar-refractivity contribution is -0.177. The molecule has 1 aliphatic heterocycles. The van der Waals surface area contributed by atoms with Crippen molar-refractivity contribution in [2.24, 2.45) is 0 Å². The van der Waals surface area contributed by atoms with E-state index in [-0.39, 0.29) is 6.04 Å². The van der Waals surface area contributed by atoms with Crippen LogP contribution in [0.1, 0.15) is 0 Å². The molecule has 1 aliphatic rings. The number of carbonyl (C=O) groups excluding carboxylic acids is 1. The van der Waals surface area contributed by atoms with Crippen molar-refractivity contribution in [1.29, 1.82) is 0 Å². The van der Waals surface area contributed by atoms with E-state index in [1.807, 2.05) is 13.1 Å². The first-order valence-corrected chi connectivity index (χ1v) is 5.49. The topological polar surface area (TPSA) is 32.8 Å². The highest BCUT2D eigenvalue weighted by molar-refractivity contribution is 9.11. The van der Waals surface area contributed by atoms with Gasteiger partial charge in [0.05, 0.1) is 12.6 Å². The normalized spacial score (nSPS) is 22.0. The van der Waals surface area contributed by atoms with Gasteiger partial charge in [0.1, 0.15) is 0 Å². The maximum absolute atomic E-state index is 10.8. The van der Waals surface area contributed by atoms with Crippen molar-refractivity contribution in [2.75, 3.05) is 26.7 Å². The van der Waals surface area contributed by atoms with Gasteiger partial charge in [0.15, 0.2) is 0 Å². The van der Waals surface area contributed by atoms with E-state index in [1.54, 1.807) is 6.08 Å². The summed E-state index contributed by atoms with van der Waals surface area (Å²) in [7, 11) is 2.00. The van der Waals surface area contributed by atoms with Crippen LogP contribution in [0, 0.1) is 0 Å². The minimum absolute atomic E-state index is 0.0458. The van der Waals surface area contributed by atoms with Gasteiger partial charge < -0.3 is 0 Å². The van der Waals surface area contributed by atoms with Crippen LogP contribution < -0.4 is 0 Å². The average molecular weight is 275 g/mol. The number of hydrogen-bond acceptors (Lipinski definition) is 3. The fourth-order valence-corrected chi connectivity index (χ4v) is 2.19. The Morgan fingerprint density at radius 3 is 3.13 bits per heavy atom. The Morgan fingerprint density at radius 2 is 2.60 bits per heavy atom. The Labute approximate surface area is 98.3 Å². The number of hydrogen-bond donors (Lipinski definition) is 0. The molecule has 1 unspecified atom stereocenters. The van der Waals surface area contributed by atoms with Crippen molar-refractivity contribution in [1.82, 2.24) is 9.96 Å². The molecule has 1 atom stereocenters. The lowest BCUT2D eigenvalue weighted by Crippen LogP contribution is -2.44. The first-order chi connectivity index (χ1) is 7.17. The van der Waals surface area contributed by atoms with Crippen LogP contribution in [0.15, 0.2) is 23.2 Å². The van der Waals surface area contributed by atoms with Crippen molar-refractivity contribution < 1.29 is 9.63 Å². The average Bonchev–Trinajstić information content (AvgIpc) is 2.17. The number of nitrogens with zero attached hydrogens (tertiary/aromatic N) is 2. The summed E-state index contributed by atoms with van der Waals surface area (Å²) in [6.07, 6.45) is 4.30. The molecule has 0 aromatic rings. The number of hydroxylamine groups is 2. The van der Waals surface area contributed by atoms with E-state index in [0.717, 1.165) is 17.6 Å².